The first kappa shape index (κ1) is 14.1. The number of amides is 1. The Balaban J connectivity index is 2.06. The van der Waals surface area contributed by atoms with Gasteiger partial charge in [-0.1, -0.05) is 44.2 Å². The van der Waals surface area contributed by atoms with Crippen LogP contribution < -0.4 is 5.32 Å². The highest BCUT2D eigenvalue weighted by Gasteiger charge is 2.29. The van der Waals surface area contributed by atoms with Crippen LogP contribution in [0.2, 0.25) is 0 Å². The molecule has 0 saturated carbocycles. The molecule has 1 fully saturated rings. The molecule has 0 aliphatic carbocycles. The maximum atomic E-state index is 12.3. The van der Waals surface area contributed by atoms with Crippen molar-refractivity contribution < 1.29 is 4.79 Å². The van der Waals surface area contributed by atoms with Gasteiger partial charge >= 0.3 is 0 Å². The third-order valence-corrected chi connectivity index (χ3v) is 3.68. The molecule has 1 N–H and O–H groups in total. The molecule has 0 bridgehead atoms. The summed E-state index contributed by atoms with van der Waals surface area (Å²) >= 11 is 0. The van der Waals surface area contributed by atoms with Crippen LogP contribution in [0.25, 0.3) is 0 Å². The Morgan fingerprint density at radius 2 is 2.05 bits per heavy atom. The minimum Gasteiger partial charge on any atom is -0.337 e. The lowest BCUT2D eigenvalue weighted by Gasteiger charge is -2.39. The lowest BCUT2D eigenvalue weighted by molar-refractivity contribution is -0.135. The average molecular weight is 260 g/mol. The van der Waals surface area contributed by atoms with E-state index < -0.39 is 0 Å². The van der Waals surface area contributed by atoms with Crippen LogP contribution in [-0.4, -0.2) is 29.9 Å². The van der Waals surface area contributed by atoms with Crippen molar-refractivity contribution in [2.45, 2.75) is 39.3 Å². The topological polar surface area (TPSA) is 32.3 Å². The maximum absolute atomic E-state index is 12.3. The first-order valence-corrected chi connectivity index (χ1v) is 7.15. The lowest BCUT2D eigenvalue weighted by atomic mass is 10.0. The first-order valence-electron chi connectivity index (χ1n) is 7.15. The van der Waals surface area contributed by atoms with E-state index in [2.05, 4.69) is 50.4 Å². The number of nitrogens with one attached hydrogen (secondary N) is 1. The van der Waals surface area contributed by atoms with E-state index in [4.69, 9.17) is 0 Å². The van der Waals surface area contributed by atoms with Gasteiger partial charge in [0.2, 0.25) is 5.91 Å². The molecule has 2 rings (SSSR count). The fraction of sp³-hybridized carbons (Fsp3) is 0.562. The zero-order valence-electron chi connectivity index (χ0n) is 12.1. The molecule has 1 saturated heterocycles. The molecule has 104 valence electrons. The molecule has 19 heavy (non-hydrogen) atoms. The van der Waals surface area contributed by atoms with Crippen LogP contribution in [0, 0.1) is 5.92 Å². The van der Waals surface area contributed by atoms with E-state index >= 15 is 0 Å². The van der Waals surface area contributed by atoms with E-state index in [0.717, 1.165) is 13.1 Å². The SMILES string of the molecule is CC(C)CC(=O)N1CC(c2ccccc2)NCC1C. The Morgan fingerprint density at radius 3 is 2.68 bits per heavy atom. The van der Waals surface area contributed by atoms with Gasteiger partial charge in [-0.15, -0.1) is 0 Å². The van der Waals surface area contributed by atoms with Crippen molar-refractivity contribution in [3.63, 3.8) is 0 Å². The Hall–Kier alpha value is -1.35. The quantitative estimate of drug-likeness (QED) is 0.906. The van der Waals surface area contributed by atoms with Gasteiger partial charge in [-0.05, 0) is 18.4 Å². The first-order chi connectivity index (χ1) is 9.08. The number of nitrogens with zero attached hydrogens (tertiary/aromatic N) is 1. The third-order valence-electron chi connectivity index (χ3n) is 3.68. The van der Waals surface area contributed by atoms with E-state index in [9.17, 15) is 4.79 Å². The van der Waals surface area contributed by atoms with Crippen LogP contribution in [-0.2, 0) is 4.79 Å². The molecular weight excluding hydrogens is 236 g/mol. The fourth-order valence-corrected chi connectivity index (χ4v) is 2.59. The second-order valence-electron chi connectivity index (χ2n) is 5.86. The monoisotopic (exact) mass is 260 g/mol. The number of hydrogen-bond acceptors (Lipinski definition) is 2. The van der Waals surface area contributed by atoms with Gasteiger partial charge < -0.3 is 10.2 Å². The zero-order valence-corrected chi connectivity index (χ0v) is 12.1. The van der Waals surface area contributed by atoms with E-state index in [-0.39, 0.29) is 18.0 Å². The molecule has 1 aliphatic heterocycles. The van der Waals surface area contributed by atoms with Crippen molar-refractivity contribution in [2.24, 2.45) is 5.92 Å². The van der Waals surface area contributed by atoms with Gasteiger partial charge in [-0.3, -0.25) is 4.79 Å². The van der Waals surface area contributed by atoms with Crippen molar-refractivity contribution in [3.8, 4) is 0 Å². The van der Waals surface area contributed by atoms with Gasteiger partial charge in [-0.2, -0.15) is 0 Å². The standard InChI is InChI=1S/C16H24N2O/c1-12(2)9-16(19)18-11-15(17-10-13(18)3)14-7-5-4-6-8-14/h4-8,12-13,15,17H,9-11H2,1-3H3. The highest BCUT2D eigenvalue weighted by atomic mass is 16.2. The molecule has 2 unspecified atom stereocenters. The number of piperazine rings is 1. The summed E-state index contributed by atoms with van der Waals surface area (Å²) in [7, 11) is 0. The van der Waals surface area contributed by atoms with Crippen LogP contribution >= 0.6 is 0 Å². The minimum absolute atomic E-state index is 0.258. The summed E-state index contributed by atoms with van der Waals surface area (Å²) in [6.45, 7) is 7.95. The van der Waals surface area contributed by atoms with E-state index in [1.54, 1.807) is 0 Å². The molecule has 0 spiro atoms. The van der Waals surface area contributed by atoms with E-state index in [1.165, 1.54) is 5.56 Å². The Bertz CT molecular complexity index is 416. The summed E-state index contributed by atoms with van der Waals surface area (Å²) < 4.78 is 0. The van der Waals surface area contributed by atoms with Crippen LogP contribution in [0.5, 0.6) is 0 Å². The van der Waals surface area contributed by atoms with Crippen molar-refractivity contribution in [1.29, 1.82) is 0 Å². The molecule has 1 aromatic rings. The molecular formula is C16H24N2O. The van der Waals surface area contributed by atoms with Crippen molar-refractivity contribution in [1.82, 2.24) is 10.2 Å². The third kappa shape index (κ3) is 3.57. The molecule has 1 amide bonds. The highest BCUT2D eigenvalue weighted by molar-refractivity contribution is 5.77. The number of rotatable bonds is 3. The van der Waals surface area contributed by atoms with Crippen LogP contribution in [0.4, 0.5) is 0 Å². The Kier molecular flexibility index (Phi) is 4.59. The van der Waals surface area contributed by atoms with Gasteiger partial charge in [0.15, 0.2) is 0 Å². The zero-order chi connectivity index (χ0) is 13.8. The van der Waals surface area contributed by atoms with E-state index in [0.29, 0.717) is 12.3 Å². The Labute approximate surface area is 116 Å². The average Bonchev–Trinajstić information content (AvgIpc) is 2.39. The summed E-state index contributed by atoms with van der Waals surface area (Å²) in [5.74, 6) is 0.703. The highest BCUT2D eigenvalue weighted by Crippen LogP contribution is 2.21. The molecule has 2 atom stereocenters. The molecule has 0 radical (unpaired) electrons. The van der Waals surface area contributed by atoms with Gasteiger partial charge in [0.1, 0.15) is 0 Å². The van der Waals surface area contributed by atoms with E-state index in [1.807, 2.05) is 11.0 Å². The molecule has 1 heterocycles. The normalized spacial score (nSPS) is 23.7. The summed E-state index contributed by atoms with van der Waals surface area (Å²) in [4.78, 5) is 14.3. The fourth-order valence-electron chi connectivity index (χ4n) is 2.59. The maximum Gasteiger partial charge on any atom is 0.223 e. The molecule has 3 heteroatoms. The lowest BCUT2D eigenvalue weighted by Crippen LogP contribution is -2.53. The second-order valence-corrected chi connectivity index (χ2v) is 5.86. The smallest absolute Gasteiger partial charge is 0.223 e. The Morgan fingerprint density at radius 1 is 1.37 bits per heavy atom. The number of carbonyl (C=O) groups is 1. The molecule has 0 aromatic heterocycles. The minimum atomic E-state index is 0.258. The predicted octanol–water partition coefficient (Wildman–Crippen LogP) is 2.59. The van der Waals surface area contributed by atoms with Crippen LogP contribution in [0.3, 0.4) is 0 Å². The second kappa shape index (κ2) is 6.20. The van der Waals surface area contributed by atoms with Gasteiger partial charge in [0.05, 0.1) is 0 Å². The van der Waals surface area contributed by atoms with Gasteiger partial charge in [0.25, 0.3) is 0 Å². The van der Waals surface area contributed by atoms with Crippen molar-refractivity contribution in [3.05, 3.63) is 35.9 Å². The number of benzene rings is 1. The molecule has 3 nitrogen and oxygen atoms in total. The van der Waals surface area contributed by atoms with Gasteiger partial charge in [0, 0.05) is 31.6 Å². The largest absolute Gasteiger partial charge is 0.337 e. The van der Waals surface area contributed by atoms with Crippen LogP contribution in [0.1, 0.15) is 38.8 Å². The van der Waals surface area contributed by atoms with Gasteiger partial charge in [-0.25, -0.2) is 0 Å². The number of carbonyl (C=O) groups excluding carboxylic acids is 1. The molecule has 1 aliphatic rings. The predicted molar refractivity (Wildman–Crippen MR) is 77.8 cm³/mol. The summed E-state index contributed by atoms with van der Waals surface area (Å²) in [6, 6.07) is 10.9. The van der Waals surface area contributed by atoms with Crippen molar-refractivity contribution in [2.75, 3.05) is 13.1 Å². The summed E-state index contributed by atoms with van der Waals surface area (Å²) in [5, 5.41) is 3.53. The summed E-state index contributed by atoms with van der Waals surface area (Å²) in [5.41, 5.74) is 1.26. The summed E-state index contributed by atoms with van der Waals surface area (Å²) in [6.07, 6.45) is 0.645. The number of hydrogen-bond donors (Lipinski definition) is 1. The molecule has 1 aromatic carbocycles. The van der Waals surface area contributed by atoms with Crippen LogP contribution in [0.15, 0.2) is 30.3 Å². The van der Waals surface area contributed by atoms with Crippen molar-refractivity contribution >= 4 is 5.91 Å².